The molecule has 2 aromatic heterocycles. The largest absolute Gasteiger partial charge is 0.471 e. The Bertz CT molecular complexity index is 1320. The fourth-order valence-electron chi connectivity index (χ4n) is 4.19. The maximum absolute atomic E-state index is 12.9. The number of aryl methyl sites for hydroxylation is 1. The number of methoxy groups -OCH3 is 1. The number of alkyl halides is 2. The monoisotopic (exact) mass is 558 g/mol. The van der Waals surface area contributed by atoms with E-state index in [4.69, 9.17) is 14.2 Å². The number of halogens is 2. The van der Waals surface area contributed by atoms with Crippen LogP contribution in [0.25, 0.3) is 5.69 Å². The molecule has 11 nitrogen and oxygen atoms in total. The summed E-state index contributed by atoms with van der Waals surface area (Å²) in [4.78, 5) is 32.9. The van der Waals surface area contributed by atoms with Gasteiger partial charge in [-0.3, -0.25) is 4.90 Å². The maximum atomic E-state index is 12.9. The molecule has 3 aromatic rings. The summed E-state index contributed by atoms with van der Waals surface area (Å²) in [5, 5.41) is 8.20. The lowest BCUT2D eigenvalue weighted by Gasteiger charge is -2.41. The summed E-state index contributed by atoms with van der Waals surface area (Å²) in [7, 11) is 1.28. The van der Waals surface area contributed by atoms with Crippen molar-refractivity contribution in [2.24, 2.45) is 0 Å². The Morgan fingerprint density at radius 3 is 2.38 bits per heavy atom. The van der Waals surface area contributed by atoms with E-state index in [2.05, 4.69) is 15.3 Å². The molecule has 0 N–H and O–H groups in total. The number of anilines is 1. The summed E-state index contributed by atoms with van der Waals surface area (Å²) < 4.78 is 43.6. The Labute approximate surface area is 230 Å². The minimum absolute atomic E-state index is 0.0770. The van der Waals surface area contributed by atoms with E-state index in [1.54, 1.807) is 52.1 Å². The van der Waals surface area contributed by atoms with Gasteiger partial charge in [-0.1, -0.05) is 17.3 Å². The third-order valence-corrected chi connectivity index (χ3v) is 6.27. The summed E-state index contributed by atoms with van der Waals surface area (Å²) in [6.45, 7) is 8.11. The average Bonchev–Trinajstić information content (AvgIpc) is 3.30. The minimum atomic E-state index is -2.55. The zero-order chi connectivity index (χ0) is 29.0. The molecule has 1 fully saturated rings. The second-order valence-electron chi connectivity index (χ2n) is 10.2. The molecule has 3 heterocycles. The number of esters is 1. The Balaban J connectivity index is 1.42. The number of aromatic nitrogens is 4. The van der Waals surface area contributed by atoms with Crippen molar-refractivity contribution in [1.29, 1.82) is 0 Å². The summed E-state index contributed by atoms with van der Waals surface area (Å²) in [6, 6.07) is 8.47. The lowest BCUT2D eigenvalue weighted by atomic mass is 10.1. The summed E-state index contributed by atoms with van der Waals surface area (Å²) >= 11 is 0. The van der Waals surface area contributed by atoms with Crippen molar-refractivity contribution in [1.82, 2.24) is 24.9 Å². The number of amides is 1. The van der Waals surface area contributed by atoms with E-state index in [0.717, 1.165) is 5.69 Å². The number of rotatable bonds is 7. The summed E-state index contributed by atoms with van der Waals surface area (Å²) in [6.07, 6.45) is -1.50. The normalized spacial score (nSPS) is 15.8. The molecular weight excluding hydrogens is 526 g/mol. The first-order valence-corrected chi connectivity index (χ1v) is 12.7. The molecule has 214 valence electrons. The van der Waals surface area contributed by atoms with Crippen molar-refractivity contribution in [2.45, 2.75) is 52.4 Å². The van der Waals surface area contributed by atoms with Crippen molar-refractivity contribution in [2.75, 3.05) is 31.6 Å². The van der Waals surface area contributed by atoms with Crippen LogP contribution in [0, 0.1) is 6.92 Å². The van der Waals surface area contributed by atoms with Crippen LogP contribution >= 0.6 is 0 Å². The number of piperazine rings is 1. The van der Waals surface area contributed by atoms with Crippen LogP contribution in [0.3, 0.4) is 0 Å². The molecule has 1 saturated heterocycles. The minimum Gasteiger partial charge on any atom is -0.471 e. The van der Waals surface area contributed by atoms with Gasteiger partial charge in [0.2, 0.25) is 5.88 Å². The third-order valence-electron chi connectivity index (χ3n) is 6.27. The van der Waals surface area contributed by atoms with Crippen LogP contribution in [0.15, 0.2) is 42.6 Å². The number of nitrogens with zero attached hydrogens (tertiary/aromatic N) is 6. The molecule has 4 rings (SSSR count). The van der Waals surface area contributed by atoms with Crippen LogP contribution in [0.1, 0.15) is 44.1 Å². The van der Waals surface area contributed by atoms with Gasteiger partial charge in [0.05, 0.1) is 30.4 Å². The number of hydrogen-bond acceptors (Lipinski definition) is 9. The van der Waals surface area contributed by atoms with E-state index in [9.17, 15) is 18.4 Å². The molecule has 13 heteroatoms. The number of carbonyl (C=O) groups is 2. The van der Waals surface area contributed by atoms with Crippen LogP contribution in [-0.4, -0.2) is 75.3 Å². The zero-order valence-corrected chi connectivity index (χ0v) is 23.0. The van der Waals surface area contributed by atoms with E-state index < -0.39 is 30.1 Å². The van der Waals surface area contributed by atoms with Crippen molar-refractivity contribution in [3.8, 4) is 11.6 Å². The highest BCUT2D eigenvalue weighted by Crippen LogP contribution is 2.24. The first kappa shape index (κ1) is 28.7. The lowest BCUT2D eigenvalue weighted by molar-refractivity contribution is -0.147. The van der Waals surface area contributed by atoms with Crippen molar-refractivity contribution in [3.63, 3.8) is 0 Å². The molecule has 0 radical (unpaired) electrons. The molecular formula is C27H32F2N6O5. The topological polar surface area (TPSA) is 112 Å². The molecule has 0 bridgehead atoms. The predicted molar refractivity (Wildman–Crippen MR) is 141 cm³/mol. The Morgan fingerprint density at radius 1 is 1.07 bits per heavy atom. The van der Waals surface area contributed by atoms with Gasteiger partial charge in [0, 0.05) is 31.3 Å². The second-order valence-corrected chi connectivity index (χ2v) is 10.2. The molecule has 0 saturated carbocycles. The van der Waals surface area contributed by atoms with Gasteiger partial charge in [0.15, 0.2) is 6.04 Å². The van der Waals surface area contributed by atoms with Crippen molar-refractivity contribution >= 4 is 17.7 Å². The number of pyridine rings is 1. The highest BCUT2D eigenvalue weighted by atomic mass is 19.3. The molecule has 1 amide bonds. The fraction of sp³-hybridized carbons (Fsp3) is 0.444. The first-order valence-electron chi connectivity index (χ1n) is 12.7. The molecule has 1 atom stereocenters. The number of benzene rings is 1. The highest BCUT2D eigenvalue weighted by Gasteiger charge is 2.38. The van der Waals surface area contributed by atoms with Gasteiger partial charge in [-0.05, 0) is 45.9 Å². The van der Waals surface area contributed by atoms with E-state index in [1.165, 1.54) is 28.8 Å². The molecule has 0 spiro atoms. The Kier molecular flexibility index (Phi) is 8.50. The zero-order valence-electron chi connectivity index (χ0n) is 23.0. The van der Waals surface area contributed by atoms with Crippen LogP contribution in [0.4, 0.5) is 19.3 Å². The SMILES string of the molecule is COC(=O)[C@@H]1CN(c2ccc(OCc3c(C)nnn3-c3ccc(C(F)F)cc3)nc2)CCN1C(=O)OC(C)(C)C. The summed E-state index contributed by atoms with van der Waals surface area (Å²) in [5.74, 6) is -0.186. The van der Waals surface area contributed by atoms with Crippen molar-refractivity contribution in [3.05, 3.63) is 59.5 Å². The van der Waals surface area contributed by atoms with E-state index in [0.29, 0.717) is 29.5 Å². The molecule has 1 aliphatic heterocycles. The van der Waals surface area contributed by atoms with E-state index in [1.807, 2.05) is 11.0 Å². The quantitative estimate of drug-likeness (QED) is 0.396. The lowest BCUT2D eigenvalue weighted by Crippen LogP contribution is -2.59. The van der Waals surface area contributed by atoms with Gasteiger partial charge in [0.25, 0.3) is 6.43 Å². The van der Waals surface area contributed by atoms with Gasteiger partial charge in [-0.25, -0.2) is 28.0 Å². The standard InChI is InChI=1S/C27H32F2N6O5/c1-17-22(35(32-31-17)19-8-6-18(7-9-19)24(28)29)16-39-23-11-10-20(14-30-23)33-12-13-34(21(15-33)25(36)38-5)26(37)40-27(2,3)4/h6-11,14,21,24H,12-13,15-16H2,1-5H3/t21-/m0/s1. The van der Waals surface area contributed by atoms with Crippen molar-refractivity contribution < 1.29 is 32.6 Å². The van der Waals surface area contributed by atoms with Crippen LogP contribution in [0.2, 0.25) is 0 Å². The van der Waals surface area contributed by atoms with Gasteiger partial charge in [-0.2, -0.15) is 0 Å². The molecule has 1 aliphatic rings. The molecule has 0 unspecified atom stereocenters. The Morgan fingerprint density at radius 2 is 1.77 bits per heavy atom. The number of hydrogen-bond donors (Lipinski definition) is 0. The predicted octanol–water partition coefficient (Wildman–Crippen LogP) is 4.09. The van der Waals surface area contributed by atoms with E-state index >= 15 is 0 Å². The van der Waals surface area contributed by atoms with Crippen LogP contribution in [0.5, 0.6) is 5.88 Å². The summed E-state index contributed by atoms with van der Waals surface area (Å²) in [5.41, 5.74) is 1.83. The molecule has 40 heavy (non-hydrogen) atoms. The fourth-order valence-corrected chi connectivity index (χ4v) is 4.19. The molecule has 0 aliphatic carbocycles. The van der Waals surface area contributed by atoms with Gasteiger partial charge in [-0.15, -0.1) is 5.10 Å². The van der Waals surface area contributed by atoms with E-state index in [-0.39, 0.29) is 25.3 Å². The smallest absolute Gasteiger partial charge is 0.411 e. The van der Waals surface area contributed by atoms with Gasteiger partial charge < -0.3 is 19.1 Å². The Hall–Kier alpha value is -4.29. The maximum Gasteiger partial charge on any atom is 0.411 e. The van der Waals surface area contributed by atoms with Gasteiger partial charge in [0.1, 0.15) is 17.9 Å². The number of ether oxygens (including phenoxy) is 3. The highest BCUT2D eigenvalue weighted by molar-refractivity contribution is 5.83. The first-order chi connectivity index (χ1) is 19.0. The second kappa shape index (κ2) is 11.8. The third kappa shape index (κ3) is 6.64. The van der Waals surface area contributed by atoms with Gasteiger partial charge >= 0.3 is 12.1 Å². The average molecular weight is 559 g/mol. The molecule has 1 aromatic carbocycles. The van der Waals surface area contributed by atoms with Crippen LogP contribution in [-0.2, 0) is 20.9 Å². The van der Waals surface area contributed by atoms with Crippen LogP contribution < -0.4 is 9.64 Å². The number of carbonyl (C=O) groups excluding carboxylic acids is 2.